The number of rotatable bonds is 4. The van der Waals surface area contributed by atoms with Crippen LogP contribution in [0, 0.1) is 19.7 Å². The first-order valence-corrected chi connectivity index (χ1v) is 10.3. The number of nitrogens with zero attached hydrogens (tertiary/aromatic N) is 2. The number of Topliss-reactive ketones (excluding diaryl/α,β-unsaturated/α-hetero) is 1. The van der Waals surface area contributed by atoms with Crippen LogP contribution in [0.15, 0.2) is 29.2 Å². The maximum absolute atomic E-state index is 13.4. The molecule has 1 aromatic heterocycles. The van der Waals surface area contributed by atoms with Gasteiger partial charge in [-0.2, -0.15) is 4.31 Å². The first-order chi connectivity index (χ1) is 13.1. The van der Waals surface area contributed by atoms with Gasteiger partial charge in [0.25, 0.3) is 5.91 Å². The number of nitrogens with one attached hydrogen (secondary N) is 1. The van der Waals surface area contributed by atoms with Gasteiger partial charge in [0.1, 0.15) is 11.5 Å². The Bertz CT molecular complexity index is 1040. The van der Waals surface area contributed by atoms with Crippen LogP contribution in [0.4, 0.5) is 4.39 Å². The number of H-pyrrole nitrogens is 1. The molecule has 0 atom stereocenters. The summed E-state index contributed by atoms with van der Waals surface area (Å²) in [6.07, 6.45) is 0. The van der Waals surface area contributed by atoms with Gasteiger partial charge in [0.2, 0.25) is 10.0 Å². The zero-order valence-electron chi connectivity index (χ0n) is 16.0. The molecule has 2 heterocycles. The molecule has 0 unspecified atom stereocenters. The largest absolute Gasteiger partial charge is 0.354 e. The van der Waals surface area contributed by atoms with E-state index in [1.54, 1.807) is 18.7 Å². The predicted octanol–water partition coefficient (Wildman–Crippen LogP) is 2.12. The van der Waals surface area contributed by atoms with Gasteiger partial charge in [-0.1, -0.05) is 6.07 Å². The van der Waals surface area contributed by atoms with E-state index in [0.717, 1.165) is 6.07 Å². The number of aromatic nitrogens is 1. The minimum absolute atomic E-state index is 0.103. The van der Waals surface area contributed by atoms with Gasteiger partial charge in [-0.15, -0.1) is 0 Å². The molecule has 9 heteroatoms. The number of aromatic amines is 1. The van der Waals surface area contributed by atoms with Crippen LogP contribution in [-0.2, 0) is 10.0 Å². The van der Waals surface area contributed by atoms with E-state index in [9.17, 15) is 22.4 Å². The first kappa shape index (κ1) is 20.2. The number of ketones is 1. The average molecular weight is 407 g/mol. The number of benzene rings is 1. The van der Waals surface area contributed by atoms with Gasteiger partial charge < -0.3 is 9.88 Å². The van der Waals surface area contributed by atoms with Crippen molar-refractivity contribution in [2.24, 2.45) is 0 Å². The molecule has 0 aliphatic carbocycles. The Morgan fingerprint density at radius 1 is 1.11 bits per heavy atom. The lowest BCUT2D eigenvalue weighted by Gasteiger charge is -2.34. The van der Waals surface area contributed by atoms with Crippen LogP contribution in [0.3, 0.4) is 0 Å². The highest BCUT2D eigenvalue weighted by Gasteiger charge is 2.32. The van der Waals surface area contributed by atoms with Crippen molar-refractivity contribution >= 4 is 21.7 Å². The smallest absolute Gasteiger partial charge is 0.270 e. The highest BCUT2D eigenvalue weighted by molar-refractivity contribution is 7.89. The first-order valence-electron chi connectivity index (χ1n) is 8.88. The van der Waals surface area contributed by atoms with E-state index in [-0.39, 0.29) is 42.8 Å². The van der Waals surface area contributed by atoms with Crippen LogP contribution in [-0.4, -0.2) is 60.5 Å². The predicted molar refractivity (Wildman–Crippen MR) is 101 cm³/mol. The lowest BCUT2D eigenvalue weighted by Crippen LogP contribution is -2.50. The van der Waals surface area contributed by atoms with Gasteiger partial charge in [-0.3, -0.25) is 9.59 Å². The molecule has 0 radical (unpaired) electrons. The Labute approximate surface area is 163 Å². The van der Waals surface area contributed by atoms with Gasteiger partial charge >= 0.3 is 0 Å². The van der Waals surface area contributed by atoms with E-state index < -0.39 is 15.8 Å². The summed E-state index contributed by atoms with van der Waals surface area (Å²) in [7, 11) is -3.82. The molecule has 0 bridgehead atoms. The molecule has 28 heavy (non-hydrogen) atoms. The maximum Gasteiger partial charge on any atom is 0.270 e. The molecule has 1 aliphatic heterocycles. The Kier molecular flexibility index (Phi) is 5.40. The second-order valence-electron chi connectivity index (χ2n) is 6.83. The molecule has 1 aliphatic rings. The topological polar surface area (TPSA) is 90.6 Å². The van der Waals surface area contributed by atoms with Crippen molar-refractivity contribution in [2.45, 2.75) is 25.7 Å². The van der Waals surface area contributed by atoms with Crippen LogP contribution in [0.5, 0.6) is 0 Å². The van der Waals surface area contributed by atoms with Crippen LogP contribution < -0.4 is 0 Å². The Balaban J connectivity index is 1.75. The Morgan fingerprint density at radius 2 is 1.75 bits per heavy atom. The zero-order valence-corrected chi connectivity index (χ0v) is 16.8. The number of sulfonamides is 1. The molecule has 2 aromatic rings. The van der Waals surface area contributed by atoms with Crippen molar-refractivity contribution in [2.75, 3.05) is 26.2 Å². The molecule has 3 rings (SSSR count). The zero-order chi connectivity index (χ0) is 20.6. The Morgan fingerprint density at radius 3 is 2.29 bits per heavy atom. The summed E-state index contributed by atoms with van der Waals surface area (Å²) in [4.78, 5) is 29.0. The summed E-state index contributed by atoms with van der Waals surface area (Å²) in [5.74, 6) is -0.999. The monoisotopic (exact) mass is 407 g/mol. The van der Waals surface area contributed by atoms with Gasteiger partial charge in [0.15, 0.2) is 5.78 Å². The van der Waals surface area contributed by atoms with E-state index >= 15 is 0 Å². The second kappa shape index (κ2) is 7.48. The lowest BCUT2D eigenvalue weighted by molar-refractivity contribution is 0.0691. The SMILES string of the molecule is CC(=O)c1c(C)[nH]c(C(=O)N2CCN(S(=O)(=O)c3cccc(F)c3)CC2)c1C. The molecule has 150 valence electrons. The molecule has 7 nitrogen and oxygen atoms in total. The summed E-state index contributed by atoms with van der Waals surface area (Å²) in [5, 5.41) is 0. The third-order valence-electron chi connectivity index (χ3n) is 4.96. The molecule has 1 N–H and O–H groups in total. The van der Waals surface area contributed by atoms with Crippen LogP contribution >= 0.6 is 0 Å². The third kappa shape index (κ3) is 3.59. The standard InChI is InChI=1S/C19H22FN3O4S/c1-12-17(14(3)24)13(2)21-18(12)19(25)22-7-9-23(10-8-22)28(26,27)16-6-4-5-15(20)11-16/h4-6,11,21H,7-10H2,1-3H3. The van der Waals surface area contributed by atoms with E-state index in [1.807, 2.05) is 0 Å². The van der Waals surface area contributed by atoms with E-state index in [2.05, 4.69) is 4.98 Å². The molecular formula is C19H22FN3O4S. The minimum Gasteiger partial charge on any atom is -0.354 e. The minimum atomic E-state index is -3.82. The van der Waals surface area contributed by atoms with Crippen molar-refractivity contribution in [1.82, 2.24) is 14.2 Å². The molecular weight excluding hydrogens is 385 g/mol. The molecule has 1 saturated heterocycles. The Hall–Kier alpha value is -2.52. The summed E-state index contributed by atoms with van der Waals surface area (Å²) >= 11 is 0. The van der Waals surface area contributed by atoms with E-state index in [0.29, 0.717) is 22.5 Å². The highest BCUT2D eigenvalue weighted by atomic mass is 32.2. The van der Waals surface area contributed by atoms with E-state index in [4.69, 9.17) is 0 Å². The van der Waals surface area contributed by atoms with Gasteiger partial charge in [0, 0.05) is 37.4 Å². The number of piperazine rings is 1. The molecule has 1 fully saturated rings. The van der Waals surface area contributed by atoms with Crippen molar-refractivity contribution in [1.29, 1.82) is 0 Å². The van der Waals surface area contributed by atoms with Crippen LogP contribution in [0.25, 0.3) is 0 Å². The fraction of sp³-hybridized carbons (Fsp3) is 0.368. The van der Waals surface area contributed by atoms with Gasteiger partial charge in [-0.25, -0.2) is 12.8 Å². The number of carbonyl (C=O) groups excluding carboxylic acids is 2. The second-order valence-corrected chi connectivity index (χ2v) is 8.77. The van der Waals surface area contributed by atoms with Gasteiger partial charge in [-0.05, 0) is 44.5 Å². The third-order valence-corrected chi connectivity index (χ3v) is 6.86. The van der Waals surface area contributed by atoms with Crippen molar-refractivity contribution in [3.8, 4) is 0 Å². The highest BCUT2D eigenvalue weighted by Crippen LogP contribution is 2.22. The molecule has 0 spiro atoms. The quantitative estimate of drug-likeness (QED) is 0.786. The maximum atomic E-state index is 13.4. The normalized spacial score (nSPS) is 15.6. The molecule has 1 aromatic carbocycles. The number of aryl methyl sites for hydroxylation is 1. The molecule has 0 saturated carbocycles. The summed E-state index contributed by atoms with van der Waals surface area (Å²) in [6.45, 7) is 5.56. The number of amides is 1. The number of hydrogen-bond acceptors (Lipinski definition) is 4. The number of hydrogen-bond donors (Lipinski definition) is 1. The molecule has 1 amide bonds. The summed E-state index contributed by atoms with van der Waals surface area (Å²) < 4.78 is 40.0. The van der Waals surface area contributed by atoms with Gasteiger partial charge in [0.05, 0.1) is 4.90 Å². The average Bonchev–Trinajstić information content (AvgIpc) is 2.95. The fourth-order valence-electron chi connectivity index (χ4n) is 3.56. The van der Waals surface area contributed by atoms with E-state index in [1.165, 1.54) is 29.4 Å². The number of halogens is 1. The van der Waals surface area contributed by atoms with Crippen LogP contribution in [0.2, 0.25) is 0 Å². The summed E-state index contributed by atoms with van der Waals surface area (Å²) in [5.41, 5.74) is 2.10. The summed E-state index contributed by atoms with van der Waals surface area (Å²) in [6, 6.07) is 4.88. The van der Waals surface area contributed by atoms with Crippen LogP contribution in [0.1, 0.15) is 39.0 Å². The van der Waals surface area contributed by atoms with Crippen molar-refractivity contribution < 1.29 is 22.4 Å². The fourth-order valence-corrected chi connectivity index (χ4v) is 5.01. The van der Waals surface area contributed by atoms with Crippen molar-refractivity contribution in [3.05, 3.63) is 52.6 Å². The lowest BCUT2D eigenvalue weighted by atomic mass is 10.1. The van der Waals surface area contributed by atoms with Crippen molar-refractivity contribution in [3.63, 3.8) is 0 Å². The number of carbonyl (C=O) groups is 2.